The number of piperidine rings is 2. The molecule has 0 bridgehead atoms. The number of pyridine rings is 2. The molecule has 0 aliphatic carbocycles. The van der Waals surface area contributed by atoms with Crippen molar-refractivity contribution in [1.82, 2.24) is 30.0 Å². The largest absolute Gasteiger partial charge is 0.456 e. The number of hydrogen-bond donors (Lipinski definition) is 3. The van der Waals surface area contributed by atoms with Crippen LogP contribution >= 0.6 is 0 Å². The number of likely N-dealkylation sites (tertiary alicyclic amines) is 2. The molecule has 0 saturated carbocycles. The Labute approximate surface area is 244 Å². The molecule has 0 radical (unpaired) electrons. The van der Waals surface area contributed by atoms with E-state index in [4.69, 9.17) is 4.74 Å². The molecular weight excluding hydrogens is 532 g/mol. The number of nitrogens with zero attached hydrogens (tertiary/aromatic N) is 5. The average molecular weight is 569 g/mol. The second-order valence-corrected chi connectivity index (χ2v) is 11.2. The second kappa shape index (κ2) is 12.2. The molecule has 6 rings (SSSR count). The molecule has 2 amide bonds. The van der Waals surface area contributed by atoms with Gasteiger partial charge in [0, 0.05) is 49.1 Å². The Morgan fingerprint density at radius 1 is 1.00 bits per heavy atom. The third-order valence-corrected chi connectivity index (χ3v) is 8.07. The van der Waals surface area contributed by atoms with Crippen molar-refractivity contribution < 1.29 is 14.3 Å². The molecule has 1 aromatic carbocycles. The summed E-state index contributed by atoms with van der Waals surface area (Å²) < 4.78 is 6.24. The molecule has 0 unspecified atom stereocenters. The Morgan fingerprint density at radius 2 is 1.79 bits per heavy atom. The minimum absolute atomic E-state index is 0.0780. The molecule has 2 aliphatic heterocycles. The first-order chi connectivity index (χ1) is 20.4. The zero-order valence-corrected chi connectivity index (χ0v) is 24.0. The number of hydrogen-bond acceptors (Lipinski definition) is 8. The topological polar surface area (TPSA) is 128 Å². The van der Waals surface area contributed by atoms with Gasteiger partial charge in [0.2, 0.25) is 5.91 Å². The number of ether oxygens (including phenoxy) is 1. The van der Waals surface area contributed by atoms with Crippen molar-refractivity contribution in [1.29, 1.82) is 0 Å². The maximum absolute atomic E-state index is 13.2. The molecule has 5 heterocycles. The lowest BCUT2D eigenvalue weighted by Gasteiger charge is -2.37. The maximum Gasteiger partial charge on any atom is 0.256 e. The van der Waals surface area contributed by atoms with Gasteiger partial charge in [-0.1, -0.05) is 0 Å². The molecule has 3 aromatic heterocycles. The molecule has 0 spiro atoms. The van der Waals surface area contributed by atoms with Gasteiger partial charge in [0.15, 0.2) is 11.5 Å². The summed E-state index contributed by atoms with van der Waals surface area (Å²) in [4.78, 5) is 38.9. The number of aromatic nitrogens is 4. The first kappa shape index (κ1) is 27.6. The van der Waals surface area contributed by atoms with Crippen LogP contribution in [0.25, 0.3) is 11.0 Å². The van der Waals surface area contributed by atoms with Crippen molar-refractivity contribution in [3.05, 3.63) is 66.0 Å². The predicted octanol–water partition coefficient (Wildman–Crippen LogP) is 4.45. The van der Waals surface area contributed by atoms with Crippen LogP contribution in [0.5, 0.6) is 11.5 Å². The number of H-pyrrole nitrogens is 1. The number of rotatable bonds is 7. The summed E-state index contributed by atoms with van der Waals surface area (Å²) in [5, 5.41) is 14.6. The highest BCUT2D eigenvalue weighted by atomic mass is 16.5. The Hall–Kier alpha value is -4.51. The molecule has 42 heavy (non-hydrogen) atoms. The van der Waals surface area contributed by atoms with Gasteiger partial charge in [0.05, 0.1) is 0 Å². The molecule has 2 aliphatic rings. The van der Waals surface area contributed by atoms with Crippen molar-refractivity contribution in [2.45, 2.75) is 38.6 Å². The molecule has 2 saturated heterocycles. The minimum Gasteiger partial charge on any atom is -0.456 e. The Kier molecular flexibility index (Phi) is 8.00. The molecule has 1 atom stereocenters. The number of aromatic amines is 1. The molecule has 3 N–H and O–H groups in total. The van der Waals surface area contributed by atoms with Crippen LogP contribution in [0.3, 0.4) is 0 Å². The van der Waals surface area contributed by atoms with Crippen molar-refractivity contribution in [3.63, 3.8) is 0 Å². The summed E-state index contributed by atoms with van der Waals surface area (Å²) in [6, 6.07) is 12.5. The fourth-order valence-corrected chi connectivity index (χ4v) is 5.71. The van der Waals surface area contributed by atoms with Gasteiger partial charge in [-0.05, 0) is 94.7 Å². The number of aryl methyl sites for hydroxylation is 1. The van der Waals surface area contributed by atoms with Gasteiger partial charge in [-0.2, -0.15) is 5.10 Å². The second-order valence-electron chi connectivity index (χ2n) is 11.2. The van der Waals surface area contributed by atoms with Crippen molar-refractivity contribution in [2.75, 3.05) is 43.9 Å². The summed E-state index contributed by atoms with van der Waals surface area (Å²) >= 11 is 0. The van der Waals surface area contributed by atoms with Crippen LogP contribution in [-0.2, 0) is 4.79 Å². The zero-order chi connectivity index (χ0) is 29.1. The number of fused-ring (bicyclic) bond motifs is 1. The highest BCUT2D eigenvalue weighted by Gasteiger charge is 2.31. The first-order valence-electron chi connectivity index (χ1n) is 14.5. The van der Waals surface area contributed by atoms with E-state index >= 15 is 0 Å². The van der Waals surface area contributed by atoms with Crippen LogP contribution in [0.2, 0.25) is 0 Å². The van der Waals surface area contributed by atoms with Crippen molar-refractivity contribution >= 4 is 34.5 Å². The third-order valence-electron chi connectivity index (χ3n) is 8.07. The van der Waals surface area contributed by atoms with Gasteiger partial charge in [-0.25, -0.2) is 9.97 Å². The van der Waals surface area contributed by atoms with Crippen molar-refractivity contribution in [3.8, 4) is 11.5 Å². The number of anilines is 2. The molecular formula is C31H36N8O3. The Morgan fingerprint density at radius 3 is 2.57 bits per heavy atom. The van der Waals surface area contributed by atoms with E-state index in [1.54, 1.807) is 42.7 Å². The molecule has 218 valence electrons. The minimum atomic E-state index is -0.247. The Balaban J connectivity index is 1.13. The lowest BCUT2D eigenvalue weighted by atomic mass is 9.94. The highest BCUT2D eigenvalue weighted by molar-refractivity contribution is 6.03. The Bertz CT molecular complexity index is 1560. The first-order valence-corrected chi connectivity index (χ1v) is 14.5. The van der Waals surface area contributed by atoms with Gasteiger partial charge < -0.3 is 25.2 Å². The summed E-state index contributed by atoms with van der Waals surface area (Å²) in [5.41, 5.74) is 2.11. The number of nitrogens with one attached hydrogen (secondary N) is 3. The van der Waals surface area contributed by atoms with E-state index in [1.807, 2.05) is 24.0 Å². The monoisotopic (exact) mass is 568 g/mol. The quantitative estimate of drug-likeness (QED) is 0.298. The van der Waals surface area contributed by atoms with Gasteiger partial charge in [-0.3, -0.25) is 14.7 Å². The van der Waals surface area contributed by atoms with E-state index in [2.05, 4.69) is 42.7 Å². The van der Waals surface area contributed by atoms with E-state index in [0.29, 0.717) is 40.9 Å². The average Bonchev–Trinajstić information content (AvgIpc) is 3.41. The zero-order valence-electron chi connectivity index (χ0n) is 24.0. The third kappa shape index (κ3) is 6.20. The fraction of sp³-hybridized carbons (Fsp3) is 0.387. The van der Waals surface area contributed by atoms with E-state index in [9.17, 15) is 9.59 Å². The van der Waals surface area contributed by atoms with E-state index in [0.717, 1.165) is 56.3 Å². The molecule has 4 aromatic rings. The molecule has 11 heteroatoms. The van der Waals surface area contributed by atoms with Crippen LogP contribution in [-0.4, -0.2) is 81.0 Å². The molecule has 11 nitrogen and oxygen atoms in total. The normalized spacial score (nSPS) is 18.1. The van der Waals surface area contributed by atoms with Crippen LogP contribution < -0.4 is 15.4 Å². The van der Waals surface area contributed by atoms with Crippen molar-refractivity contribution in [2.24, 2.45) is 5.92 Å². The van der Waals surface area contributed by atoms with Gasteiger partial charge in [-0.15, -0.1) is 0 Å². The number of benzene rings is 1. The summed E-state index contributed by atoms with van der Waals surface area (Å²) in [5.74, 6) is 2.47. The van der Waals surface area contributed by atoms with Crippen LogP contribution in [0.1, 0.15) is 41.6 Å². The van der Waals surface area contributed by atoms with Crippen LogP contribution in [0, 0.1) is 12.8 Å². The summed E-state index contributed by atoms with van der Waals surface area (Å²) in [7, 11) is 2.11. The van der Waals surface area contributed by atoms with Gasteiger partial charge in [0.25, 0.3) is 5.91 Å². The number of amides is 2. The lowest BCUT2D eigenvalue weighted by Crippen LogP contribution is -2.49. The van der Waals surface area contributed by atoms with E-state index in [-0.39, 0.29) is 23.8 Å². The summed E-state index contributed by atoms with van der Waals surface area (Å²) in [6.45, 7) is 5.35. The summed E-state index contributed by atoms with van der Waals surface area (Å²) in [6.07, 6.45) is 7.07. The number of carbonyl (C=O) groups excluding carboxylic acids is 2. The van der Waals surface area contributed by atoms with E-state index < -0.39 is 0 Å². The maximum atomic E-state index is 13.2. The standard InChI is InChI=1S/C31H36N8O3/c1-20-9-13-32-26(18-20)35-30(40)21-5-7-24(8-6-21)42-25-10-14-33-28-27(25)29(37-36-28)34-23-4-3-15-39(19-23)31(41)22-11-16-38(2)17-12-22/h5-10,13-14,18,22-23H,3-4,11-12,15-17,19H2,1-2H3,(H,32,35,40)(H2,33,34,36,37)/t23-/m1/s1. The smallest absolute Gasteiger partial charge is 0.256 e. The van der Waals surface area contributed by atoms with Crippen LogP contribution in [0.4, 0.5) is 11.6 Å². The molecule has 2 fully saturated rings. The number of carbonyl (C=O) groups is 2. The predicted molar refractivity (Wildman–Crippen MR) is 161 cm³/mol. The van der Waals surface area contributed by atoms with Gasteiger partial charge in [0.1, 0.15) is 22.7 Å². The highest BCUT2D eigenvalue weighted by Crippen LogP contribution is 2.34. The SMILES string of the molecule is Cc1ccnc(NC(=O)c2ccc(Oc3ccnc4[nH]nc(N[C@@H]5CCCN(C(=O)C6CCN(C)CC6)C5)c34)cc2)c1. The fourth-order valence-electron chi connectivity index (χ4n) is 5.71. The lowest BCUT2D eigenvalue weighted by molar-refractivity contribution is -0.138. The van der Waals surface area contributed by atoms with E-state index in [1.165, 1.54) is 0 Å². The van der Waals surface area contributed by atoms with Gasteiger partial charge >= 0.3 is 0 Å². The van der Waals surface area contributed by atoms with Crippen LogP contribution in [0.15, 0.2) is 54.9 Å².